The van der Waals surface area contributed by atoms with Gasteiger partial charge >= 0.3 is 6.18 Å². The van der Waals surface area contributed by atoms with Gasteiger partial charge in [-0.15, -0.1) is 0 Å². The molecular weight excluding hydrogens is 399 g/mol. The Balaban J connectivity index is 0.000000310. The van der Waals surface area contributed by atoms with Crippen molar-refractivity contribution in [3.8, 4) is 0 Å². The van der Waals surface area contributed by atoms with E-state index in [0.29, 0.717) is 0 Å². The molecule has 1 fully saturated rings. The van der Waals surface area contributed by atoms with Crippen LogP contribution in [-0.2, 0) is 6.18 Å². The molecule has 4 N–H and O–H groups in total. The van der Waals surface area contributed by atoms with E-state index in [4.69, 9.17) is 10.8 Å². The van der Waals surface area contributed by atoms with E-state index in [1.807, 2.05) is 0 Å². The molecular formula is C20H22F3N5O2. The molecule has 0 bridgehead atoms. The number of benzene rings is 1. The van der Waals surface area contributed by atoms with Crippen molar-refractivity contribution < 1.29 is 23.1 Å². The van der Waals surface area contributed by atoms with Gasteiger partial charge in [0.15, 0.2) is 5.65 Å². The Kier molecular flexibility index (Phi) is 6.56. The van der Waals surface area contributed by atoms with E-state index in [1.54, 1.807) is 0 Å². The number of rotatable bonds is 3. The third-order valence-electron chi connectivity index (χ3n) is 4.67. The molecule has 1 aromatic carbocycles. The number of alkyl halides is 3. The van der Waals surface area contributed by atoms with Crippen LogP contribution in [-0.4, -0.2) is 31.7 Å². The summed E-state index contributed by atoms with van der Waals surface area (Å²) in [5.74, 6) is -0.427. The Morgan fingerprint density at radius 3 is 2.53 bits per heavy atom. The first kappa shape index (κ1) is 21.6. The second kappa shape index (κ2) is 9.12. The zero-order valence-corrected chi connectivity index (χ0v) is 16.1. The lowest BCUT2D eigenvalue weighted by atomic mass is 9.98. The molecule has 2 aromatic heterocycles. The van der Waals surface area contributed by atoms with Gasteiger partial charge in [-0.25, -0.2) is 9.50 Å². The number of aliphatic hydroxyl groups excluding tert-OH is 1. The third-order valence-corrected chi connectivity index (χ3v) is 4.67. The van der Waals surface area contributed by atoms with Crippen LogP contribution in [0.15, 0.2) is 42.7 Å². The Hall–Kier alpha value is -3.14. The summed E-state index contributed by atoms with van der Waals surface area (Å²) in [6.45, 7) is 0. The highest BCUT2D eigenvalue weighted by molar-refractivity contribution is 5.98. The van der Waals surface area contributed by atoms with Crippen molar-refractivity contribution in [2.24, 2.45) is 5.73 Å². The monoisotopic (exact) mass is 421 g/mol. The maximum atomic E-state index is 12.7. The number of amides is 1. The van der Waals surface area contributed by atoms with Crippen molar-refractivity contribution in [2.45, 2.75) is 44.4 Å². The summed E-state index contributed by atoms with van der Waals surface area (Å²) in [4.78, 5) is 15.4. The molecule has 0 unspecified atom stereocenters. The van der Waals surface area contributed by atoms with Gasteiger partial charge < -0.3 is 16.2 Å². The van der Waals surface area contributed by atoms with E-state index >= 15 is 0 Å². The molecule has 7 nitrogen and oxygen atoms in total. The molecule has 0 saturated heterocycles. The van der Waals surface area contributed by atoms with Crippen LogP contribution in [0.3, 0.4) is 0 Å². The molecule has 160 valence electrons. The van der Waals surface area contributed by atoms with Crippen molar-refractivity contribution in [2.75, 3.05) is 5.32 Å². The highest BCUT2D eigenvalue weighted by atomic mass is 19.4. The van der Waals surface area contributed by atoms with Crippen LogP contribution >= 0.6 is 0 Å². The Labute approximate surface area is 170 Å². The molecule has 0 radical (unpaired) electrons. The van der Waals surface area contributed by atoms with Crippen LogP contribution in [0, 0.1) is 0 Å². The van der Waals surface area contributed by atoms with Gasteiger partial charge in [-0.2, -0.15) is 18.3 Å². The number of hydrogen-bond donors (Lipinski definition) is 3. The van der Waals surface area contributed by atoms with Gasteiger partial charge in [0.25, 0.3) is 5.91 Å². The number of primary amides is 1. The molecule has 0 atom stereocenters. The minimum Gasteiger partial charge on any atom is -0.393 e. The number of hydrogen-bond acceptors (Lipinski definition) is 5. The van der Waals surface area contributed by atoms with Crippen LogP contribution < -0.4 is 11.1 Å². The largest absolute Gasteiger partial charge is 0.416 e. The van der Waals surface area contributed by atoms with E-state index in [-0.39, 0.29) is 28.8 Å². The maximum absolute atomic E-state index is 12.7. The molecule has 2 heterocycles. The van der Waals surface area contributed by atoms with Gasteiger partial charge in [-0.3, -0.25) is 4.79 Å². The number of aromatic nitrogens is 3. The summed E-state index contributed by atoms with van der Waals surface area (Å²) in [6, 6.07) is 6.23. The van der Waals surface area contributed by atoms with Crippen LogP contribution in [0.25, 0.3) is 5.65 Å². The second-order valence-electron chi connectivity index (χ2n) is 7.00. The van der Waals surface area contributed by atoms with Crippen LogP contribution in [0.5, 0.6) is 0 Å². The molecule has 10 heteroatoms. The van der Waals surface area contributed by atoms with Crippen molar-refractivity contribution in [1.82, 2.24) is 14.6 Å². The molecule has 1 aliphatic carbocycles. The second-order valence-corrected chi connectivity index (χ2v) is 7.00. The van der Waals surface area contributed by atoms with E-state index in [9.17, 15) is 18.0 Å². The fourth-order valence-electron chi connectivity index (χ4n) is 3.11. The normalized spacial score (nSPS) is 14.8. The van der Waals surface area contributed by atoms with E-state index in [0.717, 1.165) is 25.0 Å². The fraction of sp³-hybridized carbons (Fsp3) is 0.350. The van der Waals surface area contributed by atoms with Gasteiger partial charge in [0, 0.05) is 11.9 Å². The average molecular weight is 421 g/mol. The van der Waals surface area contributed by atoms with Crippen molar-refractivity contribution in [1.29, 1.82) is 0 Å². The molecule has 0 aliphatic heterocycles. The summed E-state index contributed by atoms with van der Waals surface area (Å²) in [7, 11) is 0. The first-order valence-electron chi connectivity index (χ1n) is 9.50. The number of fused-ring (bicyclic) bond motifs is 1. The zero-order chi connectivity index (χ0) is 21.7. The first-order chi connectivity index (χ1) is 14.2. The summed E-state index contributed by atoms with van der Waals surface area (Å²) in [5.41, 5.74) is 5.00. The summed E-state index contributed by atoms with van der Waals surface area (Å²) in [5, 5.41) is 15.6. The topological polar surface area (TPSA) is 106 Å². The lowest BCUT2D eigenvalue weighted by molar-refractivity contribution is -0.137. The number of carbonyl (C=O) groups is 1. The molecule has 1 saturated carbocycles. The van der Waals surface area contributed by atoms with E-state index in [2.05, 4.69) is 15.4 Å². The molecule has 3 aromatic rings. The number of anilines is 2. The first-order valence-corrected chi connectivity index (χ1v) is 9.50. The van der Waals surface area contributed by atoms with Gasteiger partial charge in [-0.05, 0) is 37.1 Å². The number of halogens is 3. The number of nitrogens with one attached hydrogen (secondary N) is 1. The predicted molar refractivity (Wildman–Crippen MR) is 105 cm³/mol. The molecule has 0 spiro atoms. The Bertz CT molecular complexity index is 1010. The third kappa shape index (κ3) is 5.47. The van der Waals surface area contributed by atoms with Crippen LogP contribution in [0.4, 0.5) is 24.7 Å². The van der Waals surface area contributed by atoms with Gasteiger partial charge in [0.05, 0.1) is 17.9 Å². The van der Waals surface area contributed by atoms with Crippen molar-refractivity contribution in [3.05, 3.63) is 53.9 Å². The summed E-state index contributed by atoms with van der Waals surface area (Å²) in [6.07, 6.45) is 4.29. The Morgan fingerprint density at radius 2 is 1.93 bits per heavy atom. The number of carbonyl (C=O) groups excluding carboxylic acids is 1. The van der Waals surface area contributed by atoms with Gasteiger partial charge in [0.2, 0.25) is 0 Å². The minimum absolute atomic E-state index is 0.0359. The van der Waals surface area contributed by atoms with Crippen molar-refractivity contribution >= 4 is 23.1 Å². The molecule has 1 amide bonds. The highest BCUT2D eigenvalue weighted by Gasteiger charge is 2.30. The predicted octanol–water partition coefficient (Wildman–Crippen LogP) is 3.90. The summed E-state index contributed by atoms with van der Waals surface area (Å²) >= 11 is 0. The number of aliphatic hydroxyl groups is 1. The lowest BCUT2D eigenvalue weighted by Crippen LogP contribution is -2.11. The van der Waals surface area contributed by atoms with Crippen LogP contribution in [0.1, 0.15) is 48.0 Å². The highest BCUT2D eigenvalue weighted by Crippen LogP contribution is 2.31. The molecule has 4 rings (SSSR count). The average Bonchev–Trinajstić information content (AvgIpc) is 3.12. The van der Waals surface area contributed by atoms with Gasteiger partial charge in [-0.1, -0.05) is 25.3 Å². The number of nitrogens with zero attached hydrogens (tertiary/aromatic N) is 3. The Morgan fingerprint density at radius 1 is 1.20 bits per heavy atom. The zero-order valence-electron chi connectivity index (χ0n) is 16.1. The standard InChI is InChI=1S/C14H10F3N5O.C6H12O/c15-14(16,17)8-2-1-3-9(6-8)20-11-4-5-22-13(21-11)10(7-19-22)12(18)23;7-6-4-2-1-3-5-6/h1-7H,(H2,18,23)(H,20,21);6-7H,1-5H2. The lowest BCUT2D eigenvalue weighted by Gasteiger charge is -2.14. The van der Waals surface area contributed by atoms with E-state index < -0.39 is 17.6 Å². The quantitative estimate of drug-likeness (QED) is 0.595. The van der Waals surface area contributed by atoms with Crippen LogP contribution in [0.2, 0.25) is 0 Å². The van der Waals surface area contributed by atoms with E-state index in [1.165, 1.54) is 54.4 Å². The molecule has 30 heavy (non-hydrogen) atoms. The number of nitrogens with two attached hydrogens (primary N) is 1. The van der Waals surface area contributed by atoms with Gasteiger partial charge in [0.1, 0.15) is 11.4 Å². The molecule has 1 aliphatic rings. The summed E-state index contributed by atoms with van der Waals surface area (Å²) < 4.78 is 39.5. The SMILES string of the molecule is NC(=O)c1cnn2ccc(Nc3cccc(C(F)(F)F)c3)nc12.OC1CCCCC1. The minimum atomic E-state index is -4.43. The smallest absolute Gasteiger partial charge is 0.393 e. The maximum Gasteiger partial charge on any atom is 0.416 e. The fourth-order valence-corrected chi connectivity index (χ4v) is 3.11. The van der Waals surface area contributed by atoms with Crippen molar-refractivity contribution in [3.63, 3.8) is 0 Å².